The fraction of sp³-hybridized carbons (Fsp3) is 0.410. The Bertz CT molecular complexity index is 1240. The maximum Gasteiger partial charge on any atom is 4.00 e. The van der Waals surface area contributed by atoms with Gasteiger partial charge in [-0.2, -0.15) is 12.6 Å². The summed E-state index contributed by atoms with van der Waals surface area (Å²) in [7, 11) is 0. The molecular weight excluding hydrogens is 706 g/mol. The number of hydrogen-bond donors (Lipinski definition) is 1. The molecule has 0 atom stereocenters. The van der Waals surface area contributed by atoms with Crippen LogP contribution in [0.1, 0.15) is 96.6 Å². The molecule has 0 saturated heterocycles. The molecule has 0 unspecified atom stereocenters. The van der Waals surface area contributed by atoms with E-state index in [2.05, 4.69) is 66.9 Å². The number of Topliss-reactive ketones (excluding diaryl/α,β-unsaturated/α-hetero) is 1. The molecule has 4 heterocycles. The Labute approximate surface area is 308 Å². The fourth-order valence-electron chi connectivity index (χ4n) is 3.96. The SMILES string of the molecule is CC(=O)Cc1ccnc(-c2cc(C)ccn2)c1.CCC.CCCCCCCCCCS.[CH-]=O.[CH-]=O.[Ru+4].c1ccc(-c2ccccn2)nc1. The number of thiol groups is 1. The van der Waals surface area contributed by atoms with E-state index in [4.69, 9.17) is 9.59 Å². The molecule has 0 bridgehead atoms. The summed E-state index contributed by atoms with van der Waals surface area (Å²) in [5.74, 6) is 1.22. The largest absolute Gasteiger partial charge is 4.00 e. The van der Waals surface area contributed by atoms with Gasteiger partial charge in [0.05, 0.1) is 22.8 Å². The second kappa shape index (κ2) is 36.4. The van der Waals surface area contributed by atoms with Crippen LogP contribution in [0.3, 0.4) is 0 Å². The van der Waals surface area contributed by atoms with Crippen molar-refractivity contribution in [2.45, 2.75) is 98.8 Å². The fourth-order valence-corrected chi connectivity index (χ4v) is 4.19. The van der Waals surface area contributed by atoms with E-state index in [0.717, 1.165) is 39.7 Å². The van der Waals surface area contributed by atoms with Gasteiger partial charge in [0, 0.05) is 31.2 Å². The summed E-state index contributed by atoms with van der Waals surface area (Å²) < 4.78 is 0. The molecule has 0 aliphatic carbocycles. The van der Waals surface area contributed by atoms with E-state index >= 15 is 0 Å². The molecule has 0 N–H and O–H groups in total. The summed E-state index contributed by atoms with van der Waals surface area (Å²) in [6.07, 6.45) is 19.9. The third-order valence-corrected chi connectivity index (χ3v) is 6.38. The van der Waals surface area contributed by atoms with Gasteiger partial charge < -0.3 is 9.59 Å². The normalized spacial score (nSPS) is 8.96. The first-order valence-electron chi connectivity index (χ1n) is 16.2. The number of unbranched alkanes of at least 4 members (excludes halogenated alkanes) is 7. The zero-order valence-electron chi connectivity index (χ0n) is 29.3. The monoisotopic (exact) mass is 760 g/mol. The average Bonchev–Trinajstić information content (AvgIpc) is 3.11. The van der Waals surface area contributed by atoms with Crippen LogP contribution in [0, 0.1) is 6.92 Å². The first-order chi connectivity index (χ1) is 22.9. The van der Waals surface area contributed by atoms with Gasteiger partial charge in [-0.15, -0.1) is 0 Å². The number of aromatic nitrogens is 4. The number of rotatable bonds is 12. The average molecular weight is 760 g/mol. The predicted molar refractivity (Wildman–Crippen MR) is 200 cm³/mol. The summed E-state index contributed by atoms with van der Waals surface area (Å²) in [6, 6.07) is 19.3. The Kier molecular flexibility index (Phi) is 37.2. The van der Waals surface area contributed by atoms with Gasteiger partial charge in [-0.1, -0.05) is 84.3 Å². The summed E-state index contributed by atoms with van der Waals surface area (Å²) in [5, 5.41) is 0. The van der Waals surface area contributed by atoms with Crippen LogP contribution in [0.25, 0.3) is 22.8 Å². The molecule has 9 heteroatoms. The molecule has 0 aliphatic heterocycles. The zero-order valence-corrected chi connectivity index (χ0v) is 32.0. The van der Waals surface area contributed by atoms with Crippen molar-refractivity contribution in [3.05, 3.63) is 96.6 Å². The second-order valence-corrected chi connectivity index (χ2v) is 10.9. The number of carbonyl (C=O) groups excluding carboxylic acids is 3. The Hall–Kier alpha value is -3.42. The minimum absolute atomic E-state index is 0. The van der Waals surface area contributed by atoms with Gasteiger partial charge in [0.2, 0.25) is 0 Å². The Morgan fingerprint density at radius 3 is 1.48 bits per heavy atom. The van der Waals surface area contributed by atoms with Gasteiger partial charge in [0.15, 0.2) is 0 Å². The summed E-state index contributed by atoms with van der Waals surface area (Å²) in [6.45, 7) is 16.6. The van der Waals surface area contributed by atoms with Crippen LogP contribution >= 0.6 is 12.6 Å². The minimum Gasteiger partial charge on any atom is -0.545 e. The van der Waals surface area contributed by atoms with E-state index in [1.165, 1.54) is 57.8 Å². The van der Waals surface area contributed by atoms with Gasteiger partial charge >= 0.3 is 19.5 Å². The number of pyridine rings is 4. The van der Waals surface area contributed by atoms with Crippen molar-refractivity contribution in [2.75, 3.05) is 5.75 Å². The molecule has 260 valence electrons. The van der Waals surface area contributed by atoms with Gasteiger partial charge in [-0.25, -0.2) is 0 Å². The molecule has 0 radical (unpaired) electrons. The molecular formula is C39H54N4O3RuS+2. The molecule has 4 rings (SSSR count). The third-order valence-electron chi connectivity index (χ3n) is 6.06. The molecule has 48 heavy (non-hydrogen) atoms. The van der Waals surface area contributed by atoms with Gasteiger partial charge in [-0.05, 0) is 85.7 Å². The van der Waals surface area contributed by atoms with E-state index in [1.54, 1.807) is 31.7 Å². The molecule has 0 aromatic carbocycles. The van der Waals surface area contributed by atoms with Crippen molar-refractivity contribution >= 4 is 32.0 Å². The van der Waals surface area contributed by atoms with Crippen LogP contribution in [0.4, 0.5) is 0 Å². The molecule has 0 saturated carbocycles. The minimum atomic E-state index is 0. The van der Waals surface area contributed by atoms with Crippen LogP contribution in [-0.4, -0.2) is 45.1 Å². The van der Waals surface area contributed by atoms with E-state index in [1.807, 2.05) is 67.6 Å². The number of hydrogen-bond acceptors (Lipinski definition) is 8. The Balaban J connectivity index is -0.000000585. The maximum atomic E-state index is 11.1. The molecule has 0 aliphatic rings. The van der Waals surface area contributed by atoms with Crippen molar-refractivity contribution < 1.29 is 33.9 Å². The van der Waals surface area contributed by atoms with E-state index < -0.39 is 0 Å². The topological polar surface area (TPSA) is 103 Å². The standard InChI is InChI=1S/C14H14N2O.C10H8N2.C10H22S.C3H8.2CHO.Ru/c1-10-3-5-15-13(7-10)14-9-12(4-6-16-14)8-11(2)17;1-3-7-11-9(5-1)10-6-2-4-8-12-10;1-2-3-4-5-6-7-8-9-10-11;1-3-2;2*1-2;/h3-7,9H,8H2,1-2H3;1-8H;11H,2-10H2,1H3;3H2,1-2H3;2*1H;/q;;;;2*-1;+4. The van der Waals surface area contributed by atoms with E-state index in [9.17, 15) is 4.79 Å². The van der Waals surface area contributed by atoms with Crippen molar-refractivity contribution in [1.29, 1.82) is 0 Å². The van der Waals surface area contributed by atoms with Crippen LogP contribution in [0.2, 0.25) is 0 Å². The third kappa shape index (κ3) is 26.6. The van der Waals surface area contributed by atoms with Gasteiger partial charge in [0.25, 0.3) is 0 Å². The first-order valence-corrected chi connectivity index (χ1v) is 16.9. The van der Waals surface area contributed by atoms with Gasteiger partial charge in [-0.3, -0.25) is 38.3 Å². The number of aryl methyl sites for hydroxylation is 1. The predicted octanol–water partition coefficient (Wildman–Crippen LogP) is 9.65. The van der Waals surface area contributed by atoms with Crippen molar-refractivity contribution in [3.63, 3.8) is 0 Å². The van der Waals surface area contributed by atoms with Crippen molar-refractivity contribution in [2.24, 2.45) is 0 Å². The second-order valence-electron chi connectivity index (χ2n) is 10.5. The molecule has 4 aromatic heterocycles. The Morgan fingerprint density at radius 2 is 1.06 bits per heavy atom. The maximum absolute atomic E-state index is 11.1. The molecule has 0 fully saturated rings. The van der Waals surface area contributed by atoms with Crippen LogP contribution in [0.5, 0.6) is 0 Å². The summed E-state index contributed by atoms with van der Waals surface area (Å²) in [5.41, 5.74) is 5.61. The van der Waals surface area contributed by atoms with Crippen molar-refractivity contribution in [3.8, 4) is 22.8 Å². The molecule has 0 spiro atoms. The smallest absolute Gasteiger partial charge is 0.545 e. The van der Waals surface area contributed by atoms with E-state index in [-0.39, 0.29) is 25.3 Å². The van der Waals surface area contributed by atoms with E-state index in [0.29, 0.717) is 6.42 Å². The Morgan fingerprint density at radius 1 is 0.625 bits per heavy atom. The number of ketones is 1. The number of carbonyl (C=O) groups is 1. The molecule has 4 aromatic rings. The summed E-state index contributed by atoms with van der Waals surface area (Å²) in [4.78, 5) is 43.5. The molecule has 7 nitrogen and oxygen atoms in total. The van der Waals surface area contributed by atoms with Crippen molar-refractivity contribution in [1.82, 2.24) is 19.9 Å². The van der Waals surface area contributed by atoms with Crippen LogP contribution in [0.15, 0.2) is 85.5 Å². The van der Waals surface area contributed by atoms with Crippen LogP contribution in [-0.2, 0) is 40.3 Å². The van der Waals surface area contributed by atoms with Crippen LogP contribution < -0.4 is 0 Å². The first kappa shape index (κ1) is 49.0. The van der Waals surface area contributed by atoms with Gasteiger partial charge in [0.1, 0.15) is 5.78 Å². The summed E-state index contributed by atoms with van der Waals surface area (Å²) >= 11 is 4.18. The number of nitrogens with zero attached hydrogens (tertiary/aromatic N) is 4. The zero-order chi connectivity index (χ0) is 35.5. The molecule has 0 amide bonds. The quantitative estimate of drug-likeness (QED) is 0.0505.